The van der Waals surface area contributed by atoms with E-state index in [-0.39, 0.29) is 17.9 Å². The van der Waals surface area contributed by atoms with Gasteiger partial charge in [-0.3, -0.25) is 4.79 Å². The van der Waals surface area contributed by atoms with Gasteiger partial charge in [0, 0.05) is 35.3 Å². The van der Waals surface area contributed by atoms with Crippen molar-refractivity contribution in [1.29, 1.82) is 0 Å². The largest absolute Gasteiger partial charge is 0.465 e. The van der Waals surface area contributed by atoms with Gasteiger partial charge in [0.2, 0.25) is 0 Å². The summed E-state index contributed by atoms with van der Waals surface area (Å²) < 4.78 is 6.86. The Morgan fingerprint density at radius 1 is 1.03 bits per heavy atom. The molecule has 0 spiro atoms. The summed E-state index contributed by atoms with van der Waals surface area (Å²) >= 11 is 1.62. The predicted molar refractivity (Wildman–Crippen MR) is 142 cm³/mol. The highest BCUT2D eigenvalue weighted by molar-refractivity contribution is 7.13. The fourth-order valence-corrected chi connectivity index (χ4v) is 4.92. The van der Waals surface area contributed by atoms with Crippen molar-refractivity contribution in [3.63, 3.8) is 0 Å². The van der Waals surface area contributed by atoms with E-state index in [2.05, 4.69) is 39.1 Å². The summed E-state index contributed by atoms with van der Waals surface area (Å²) in [6.45, 7) is 2.57. The van der Waals surface area contributed by atoms with Crippen LogP contribution in [-0.4, -0.2) is 28.5 Å². The number of ether oxygens (including phenoxy) is 1. The van der Waals surface area contributed by atoms with Crippen LogP contribution in [0, 0.1) is 0 Å². The first-order valence-electron chi connectivity index (χ1n) is 11.6. The van der Waals surface area contributed by atoms with Gasteiger partial charge in [0.1, 0.15) is 5.01 Å². The van der Waals surface area contributed by atoms with Crippen molar-refractivity contribution in [2.75, 3.05) is 7.11 Å². The number of amides is 1. The van der Waals surface area contributed by atoms with Gasteiger partial charge in [0.15, 0.2) is 0 Å². The fourth-order valence-electron chi connectivity index (χ4n) is 4.28. The Morgan fingerprint density at radius 3 is 2.50 bits per heavy atom. The minimum absolute atomic E-state index is 0.149. The molecule has 1 amide bonds. The topological polar surface area (TPSA) is 73.2 Å². The van der Waals surface area contributed by atoms with Gasteiger partial charge in [-0.15, -0.1) is 11.3 Å². The van der Waals surface area contributed by atoms with E-state index >= 15 is 0 Å². The van der Waals surface area contributed by atoms with Crippen molar-refractivity contribution in [3.05, 3.63) is 113 Å². The van der Waals surface area contributed by atoms with Gasteiger partial charge in [0.25, 0.3) is 5.91 Å². The molecular formula is C29H25N3O3S. The first-order valence-corrected chi connectivity index (χ1v) is 12.5. The molecule has 0 saturated carbocycles. The number of carbonyl (C=O) groups excluding carboxylic acids is 2. The molecule has 0 fully saturated rings. The fraction of sp³-hybridized carbons (Fsp3) is 0.138. The van der Waals surface area contributed by atoms with E-state index in [1.807, 2.05) is 61.1 Å². The van der Waals surface area contributed by atoms with Gasteiger partial charge in [-0.1, -0.05) is 48.5 Å². The highest BCUT2D eigenvalue weighted by Gasteiger charge is 2.17. The van der Waals surface area contributed by atoms with Crippen molar-refractivity contribution in [2.24, 2.45) is 0 Å². The number of nitrogens with zero attached hydrogens (tertiary/aromatic N) is 2. The Hall–Kier alpha value is -4.23. The van der Waals surface area contributed by atoms with Crippen LogP contribution >= 0.6 is 11.3 Å². The molecule has 2 aromatic heterocycles. The van der Waals surface area contributed by atoms with Gasteiger partial charge in [-0.05, 0) is 42.3 Å². The number of thiazole rings is 1. The number of fused-ring (bicyclic) bond motifs is 1. The molecule has 7 heteroatoms. The van der Waals surface area contributed by atoms with E-state index in [4.69, 9.17) is 4.74 Å². The number of rotatable bonds is 7. The molecule has 3 aromatic carbocycles. The summed E-state index contributed by atoms with van der Waals surface area (Å²) in [6.07, 6.45) is 3.83. The maximum Gasteiger partial charge on any atom is 0.337 e. The van der Waals surface area contributed by atoms with Crippen molar-refractivity contribution in [2.45, 2.75) is 19.5 Å². The van der Waals surface area contributed by atoms with Crippen molar-refractivity contribution < 1.29 is 14.3 Å². The maximum absolute atomic E-state index is 13.3. The number of hydrogen-bond donors (Lipinski definition) is 1. The third kappa shape index (κ3) is 4.78. The molecule has 0 aliphatic carbocycles. The number of para-hydroxylation sites is 1. The van der Waals surface area contributed by atoms with E-state index in [0.29, 0.717) is 17.7 Å². The normalized spacial score (nSPS) is 11.8. The Bertz CT molecular complexity index is 1500. The molecule has 36 heavy (non-hydrogen) atoms. The SMILES string of the molecule is COC(=O)c1ccc([C@H](C)NC(=O)c2cccc3ccn(Cc4ccc(-c5nccs5)cc4)c23)cc1. The molecule has 180 valence electrons. The first kappa shape index (κ1) is 23.5. The molecule has 0 unspecified atom stereocenters. The van der Waals surface area contributed by atoms with Gasteiger partial charge >= 0.3 is 5.97 Å². The van der Waals surface area contributed by atoms with Crippen molar-refractivity contribution in [3.8, 4) is 10.6 Å². The first-order chi connectivity index (χ1) is 17.5. The van der Waals surface area contributed by atoms with Crippen molar-refractivity contribution in [1.82, 2.24) is 14.9 Å². The lowest BCUT2D eigenvalue weighted by atomic mass is 10.0. The maximum atomic E-state index is 13.3. The van der Waals surface area contributed by atoms with Gasteiger partial charge in [0.05, 0.1) is 29.8 Å². The van der Waals surface area contributed by atoms with Crippen LogP contribution < -0.4 is 5.32 Å². The smallest absolute Gasteiger partial charge is 0.337 e. The minimum Gasteiger partial charge on any atom is -0.465 e. The lowest BCUT2D eigenvalue weighted by molar-refractivity contribution is 0.0600. The van der Waals surface area contributed by atoms with Crippen molar-refractivity contribution >= 4 is 34.1 Å². The summed E-state index contributed by atoms with van der Waals surface area (Å²) in [5.74, 6) is -0.535. The second kappa shape index (κ2) is 10.2. The number of aromatic nitrogens is 2. The quantitative estimate of drug-likeness (QED) is 0.277. The van der Waals surface area contributed by atoms with Crippen LogP contribution in [0.1, 0.15) is 44.8 Å². The van der Waals surface area contributed by atoms with Crippen LogP contribution in [0.5, 0.6) is 0 Å². The van der Waals surface area contributed by atoms with Gasteiger partial charge in [-0.2, -0.15) is 0 Å². The van der Waals surface area contributed by atoms with Crippen LogP contribution in [0.25, 0.3) is 21.5 Å². The van der Waals surface area contributed by atoms with E-state index in [9.17, 15) is 9.59 Å². The summed E-state index contributed by atoms with van der Waals surface area (Å²) in [4.78, 5) is 29.4. The van der Waals surface area contributed by atoms with E-state index in [1.54, 1.807) is 23.5 Å². The Labute approximate surface area is 213 Å². The summed E-state index contributed by atoms with van der Waals surface area (Å²) in [5.41, 5.74) is 5.13. The number of methoxy groups -OCH3 is 1. The summed E-state index contributed by atoms with van der Waals surface area (Å²) in [6, 6.07) is 23.0. The average Bonchev–Trinajstić information content (AvgIpc) is 3.59. The number of esters is 1. The number of hydrogen-bond acceptors (Lipinski definition) is 5. The zero-order valence-corrected chi connectivity index (χ0v) is 20.8. The average molecular weight is 496 g/mol. The van der Waals surface area contributed by atoms with Gasteiger partial charge in [-0.25, -0.2) is 9.78 Å². The molecule has 0 bridgehead atoms. The molecule has 5 rings (SSSR count). The monoisotopic (exact) mass is 495 g/mol. The molecule has 0 aliphatic rings. The number of nitrogens with one attached hydrogen (secondary N) is 1. The van der Waals surface area contributed by atoms with Crippen LogP contribution in [-0.2, 0) is 11.3 Å². The lowest BCUT2D eigenvalue weighted by Gasteiger charge is -2.16. The van der Waals surface area contributed by atoms with E-state index < -0.39 is 0 Å². The highest BCUT2D eigenvalue weighted by atomic mass is 32.1. The Morgan fingerprint density at radius 2 is 1.81 bits per heavy atom. The van der Waals surface area contributed by atoms with Crippen LogP contribution in [0.2, 0.25) is 0 Å². The minimum atomic E-state index is -0.386. The van der Waals surface area contributed by atoms with Crippen LogP contribution in [0.4, 0.5) is 0 Å². The standard InChI is InChI=1S/C29H25N3O3S/c1-19(21-10-12-24(13-11-21)29(34)35-2)31-27(33)25-5-3-4-22-14-16-32(26(22)25)18-20-6-8-23(9-7-20)28-30-15-17-36-28/h3-17,19H,18H2,1-2H3,(H,31,33)/t19-/m0/s1. The highest BCUT2D eigenvalue weighted by Crippen LogP contribution is 2.25. The summed E-state index contributed by atoms with van der Waals surface area (Å²) in [5, 5.41) is 7.08. The molecule has 5 aromatic rings. The molecule has 2 heterocycles. The molecular weight excluding hydrogens is 470 g/mol. The molecule has 1 N–H and O–H groups in total. The third-order valence-electron chi connectivity index (χ3n) is 6.20. The van der Waals surface area contributed by atoms with Crippen LogP contribution in [0.15, 0.2) is 90.6 Å². The predicted octanol–water partition coefficient (Wildman–Crippen LogP) is 6.09. The summed E-state index contributed by atoms with van der Waals surface area (Å²) in [7, 11) is 1.35. The van der Waals surface area contributed by atoms with E-state index in [1.165, 1.54) is 7.11 Å². The van der Waals surface area contributed by atoms with E-state index in [0.717, 1.165) is 32.6 Å². The molecule has 0 saturated heterocycles. The Balaban J connectivity index is 1.36. The number of carbonyl (C=O) groups is 2. The zero-order valence-electron chi connectivity index (χ0n) is 20.0. The zero-order chi connectivity index (χ0) is 25.1. The Kier molecular flexibility index (Phi) is 6.64. The molecule has 0 radical (unpaired) electrons. The second-order valence-electron chi connectivity index (χ2n) is 8.53. The third-order valence-corrected chi connectivity index (χ3v) is 7.02. The molecule has 1 atom stereocenters. The lowest BCUT2D eigenvalue weighted by Crippen LogP contribution is -2.27. The molecule has 6 nitrogen and oxygen atoms in total. The second-order valence-corrected chi connectivity index (χ2v) is 9.42. The van der Waals surface area contributed by atoms with Gasteiger partial charge < -0.3 is 14.6 Å². The van der Waals surface area contributed by atoms with Crippen LogP contribution in [0.3, 0.4) is 0 Å². The molecule has 0 aliphatic heterocycles. The number of benzene rings is 3.